The van der Waals surface area contributed by atoms with Crippen molar-refractivity contribution in [3.8, 4) is 0 Å². The first kappa shape index (κ1) is 10.3. The van der Waals surface area contributed by atoms with E-state index in [4.69, 9.17) is 4.42 Å². The van der Waals surface area contributed by atoms with Crippen LogP contribution in [0.15, 0.2) is 16.5 Å². The van der Waals surface area contributed by atoms with Crippen molar-refractivity contribution in [1.82, 2.24) is 5.32 Å². The van der Waals surface area contributed by atoms with E-state index in [1.54, 1.807) is 0 Å². The second kappa shape index (κ2) is 5.07. The maximum absolute atomic E-state index is 5.55. The van der Waals surface area contributed by atoms with Crippen LogP contribution in [-0.2, 0) is 13.0 Å². The zero-order valence-corrected chi connectivity index (χ0v) is 8.76. The van der Waals surface area contributed by atoms with E-state index < -0.39 is 0 Å². The Hall–Kier alpha value is -0.760. The highest BCUT2D eigenvalue weighted by atomic mass is 16.3. The van der Waals surface area contributed by atoms with Crippen molar-refractivity contribution in [3.05, 3.63) is 23.7 Å². The summed E-state index contributed by atoms with van der Waals surface area (Å²) in [4.78, 5) is 0. The van der Waals surface area contributed by atoms with Gasteiger partial charge in [-0.05, 0) is 24.6 Å². The predicted molar refractivity (Wildman–Crippen MR) is 54.6 cm³/mol. The first-order valence-electron chi connectivity index (χ1n) is 5.00. The predicted octanol–water partition coefficient (Wildman–Crippen LogP) is 2.59. The highest BCUT2D eigenvalue weighted by Crippen LogP contribution is 2.07. The molecule has 0 saturated heterocycles. The Bertz CT molecular complexity index is 240. The fraction of sp³-hybridized carbons (Fsp3) is 0.636. The van der Waals surface area contributed by atoms with Crippen LogP contribution >= 0.6 is 0 Å². The molecule has 1 heterocycles. The molecule has 0 bridgehead atoms. The third-order valence-corrected chi connectivity index (χ3v) is 1.92. The standard InChI is InChI=1S/C11H19NO/c1-4-10-5-6-11(13-10)8-12-7-9(2)3/h5-6,9,12H,4,7-8H2,1-3H3. The molecule has 1 N–H and O–H groups in total. The van der Waals surface area contributed by atoms with Gasteiger partial charge in [0.25, 0.3) is 0 Å². The van der Waals surface area contributed by atoms with Gasteiger partial charge in [0.1, 0.15) is 11.5 Å². The first-order valence-corrected chi connectivity index (χ1v) is 5.00. The monoisotopic (exact) mass is 181 g/mol. The number of hydrogen-bond acceptors (Lipinski definition) is 2. The number of nitrogens with one attached hydrogen (secondary N) is 1. The van der Waals surface area contributed by atoms with Gasteiger partial charge in [0.2, 0.25) is 0 Å². The molecule has 0 amide bonds. The van der Waals surface area contributed by atoms with Gasteiger partial charge >= 0.3 is 0 Å². The second-order valence-corrected chi connectivity index (χ2v) is 3.75. The average Bonchev–Trinajstić information content (AvgIpc) is 2.52. The largest absolute Gasteiger partial charge is 0.465 e. The summed E-state index contributed by atoms with van der Waals surface area (Å²) in [6.45, 7) is 8.39. The van der Waals surface area contributed by atoms with E-state index in [0.29, 0.717) is 5.92 Å². The van der Waals surface area contributed by atoms with Gasteiger partial charge in [0, 0.05) is 6.42 Å². The van der Waals surface area contributed by atoms with Crippen LogP contribution in [-0.4, -0.2) is 6.54 Å². The van der Waals surface area contributed by atoms with Crippen LogP contribution < -0.4 is 5.32 Å². The molecule has 0 aliphatic carbocycles. The third-order valence-electron chi connectivity index (χ3n) is 1.92. The van der Waals surface area contributed by atoms with E-state index in [2.05, 4.69) is 26.1 Å². The molecule has 0 atom stereocenters. The number of hydrogen-bond donors (Lipinski definition) is 1. The molecule has 0 aliphatic rings. The van der Waals surface area contributed by atoms with Crippen molar-refractivity contribution in [2.24, 2.45) is 5.92 Å². The molecule has 0 radical (unpaired) electrons. The van der Waals surface area contributed by atoms with Gasteiger partial charge in [-0.15, -0.1) is 0 Å². The summed E-state index contributed by atoms with van der Waals surface area (Å²) in [5.74, 6) is 2.81. The highest BCUT2D eigenvalue weighted by molar-refractivity contribution is 5.06. The molecule has 13 heavy (non-hydrogen) atoms. The maximum Gasteiger partial charge on any atom is 0.117 e. The molecule has 1 aromatic rings. The van der Waals surface area contributed by atoms with Crippen LogP contribution in [0.2, 0.25) is 0 Å². The molecule has 0 saturated carbocycles. The molecule has 0 fully saturated rings. The molecule has 0 spiro atoms. The van der Waals surface area contributed by atoms with Crippen molar-refractivity contribution < 1.29 is 4.42 Å². The molecular formula is C11H19NO. The Labute approximate surface area is 80.3 Å². The summed E-state index contributed by atoms with van der Waals surface area (Å²) in [7, 11) is 0. The molecule has 2 heteroatoms. The number of furan rings is 1. The van der Waals surface area contributed by atoms with E-state index in [1.165, 1.54) is 0 Å². The van der Waals surface area contributed by atoms with Gasteiger partial charge < -0.3 is 9.73 Å². The summed E-state index contributed by atoms with van der Waals surface area (Å²) in [6.07, 6.45) is 0.976. The lowest BCUT2D eigenvalue weighted by atomic mass is 10.2. The summed E-state index contributed by atoms with van der Waals surface area (Å²) >= 11 is 0. The second-order valence-electron chi connectivity index (χ2n) is 3.75. The van der Waals surface area contributed by atoms with Gasteiger partial charge in [-0.3, -0.25) is 0 Å². The van der Waals surface area contributed by atoms with Gasteiger partial charge in [0.15, 0.2) is 0 Å². The average molecular weight is 181 g/mol. The lowest BCUT2D eigenvalue weighted by Gasteiger charge is -2.04. The van der Waals surface area contributed by atoms with E-state index in [0.717, 1.165) is 31.0 Å². The summed E-state index contributed by atoms with van der Waals surface area (Å²) in [6, 6.07) is 4.10. The van der Waals surface area contributed by atoms with Crippen LogP contribution in [0.4, 0.5) is 0 Å². The topological polar surface area (TPSA) is 25.2 Å². The number of rotatable bonds is 5. The lowest BCUT2D eigenvalue weighted by Crippen LogP contribution is -2.18. The van der Waals surface area contributed by atoms with Gasteiger partial charge in [0.05, 0.1) is 6.54 Å². The summed E-state index contributed by atoms with van der Waals surface area (Å²) < 4.78 is 5.55. The van der Waals surface area contributed by atoms with Crippen molar-refractivity contribution in [2.75, 3.05) is 6.54 Å². The van der Waals surface area contributed by atoms with E-state index in [1.807, 2.05) is 12.1 Å². The highest BCUT2D eigenvalue weighted by Gasteiger charge is 1.99. The molecule has 2 nitrogen and oxygen atoms in total. The Morgan fingerprint density at radius 3 is 2.54 bits per heavy atom. The molecule has 1 rings (SSSR count). The Morgan fingerprint density at radius 2 is 2.00 bits per heavy atom. The minimum atomic E-state index is 0.695. The van der Waals surface area contributed by atoms with Gasteiger partial charge in [-0.25, -0.2) is 0 Å². The number of aryl methyl sites for hydroxylation is 1. The van der Waals surface area contributed by atoms with Crippen molar-refractivity contribution in [3.63, 3.8) is 0 Å². The van der Waals surface area contributed by atoms with Crippen molar-refractivity contribution >= 4 is 0 Å². The molecule has 0 unspecified atom stereocenters. The van der Waals surface area contributed by atoms with Crippen LogP contribution in [0.3, 0.4) is 0 Å². The molecule has 0 aliphatic heterocycles. The summed E-state index contributed by atoms with van der Waals surface area (Å²) in [5.41, 5.74) is 0. The molecule has 74 valence electrons. The fourth-order valence-corrected chi connectivity index (χ4v) is 1.19. The zero-order valence-electron chi connectivity index (χ0n) is 8.76. The quantitative estimate of drug-likeness (QED) is 0.755. The van der Waals surface area contributed by atoms with E-state index >= 15 is 0 Å². The van der Waals surface area contributed by atoms with Crippen molar-refractivity contribution in [1.29, 1.82) is 0 Å². The first-order chi connectivity index (χ1) is 6.22. The minimum Gasteiger partial charge on any atom is -0.465 e. The van der Waals surface area contributed by atoms with Crippen LogP contribution in [0.25, 0.3) is 0 Å². The maximum atomic E-state index is 5.55. The van der Waals surface area contributed by atoms with E-state index in [-0.39, 0.29) is 0 Å². The van der Waals surface area contributed by atoms with Crippen LogP contribution in [0.1, 0.15) is 32.3 Å². The van der Waals surface area contributed by atoms with Crippen molar-refractivity contribution in [2.45, 2.75) is 33.7 Å². The molecule has 1 aromatic heterocycles. The molecule has 0 aromatic carbocycles. The van der Waals surface area contributed by atoms with Crippen LogP contribution in [0, 0.1) is 5.92 Å². The normalized spacial score (nSPS) is 11.1. The Morgan fingerprint density at radius 1 is 1.31 bits per heavy atom. The lowest BCUT2D eigenvalue weighted by molar-refractivity contribution is 0.439. The fourth-order valence-electron chi connectivity index (χ4n) is 1.19. The smallest absolute Gasteiger partial charge is 0.117 e. The van der Waals surface area contributed by atoms with E-state index in [9.17, 15) is 0 Å². The minimum absolute atomic E-state index is 0.695. The van der Waals surface area contributed by atoms with Crippen LogP contribution in [0.5, 0.6) is 0 Å². The molecular weight excluding hydrogens is 162 g/mol. The SMILES string of the molecule is CCc1ccc(CNCC(C)C)o1. The summed E-state index contributed by atoms with van der Waals surface area (Å²) in [5, 5.41) is 3.34. The van der Waals surface area contributed by atoms with Gasteiger partial charge in [-0.2, -0.15) is 0 Å². The Kier molecular flexibility index (Phi) is 4.03. The third kappa shape index (κ3) is 3.64. The Balaban J connectivity index is 2.28. The zero-order chi connectivity index (χ0) is 9.68. The van der Waals surface area contributed by atoms with Gasteiger partial charge in [-0.1, -0.05) is 20.8 Å².